The fraction of sp³-hybridized carbons (Fsp3) is 0.250. The zero-order valence-electron chi connectivity index (χ0n) is 12.4. The highest BCUT2D eigenvalue weighted by Gasteiger charge is 2.15. The predicted molar refractivity (Wildman–Crippen MR) is 83.2 cm³/mol. The van der Waals surface area contributed by atoms with E-state index in [4.69, 9.17) is 0 Å². The van der Waals surface area contributed by atoms with Crippen LogP contribution in [0.2, 0.25) is 0 Å². The van der Waals surface area contributed by atoms with Crippen LogP contribution in [0, 0.1) is 5.82 Å². The smallest absolute Gasteiger partial charge is 0.176 e. The van der Waals surface area contributed by atoms with Crippen LogP contribution < -0.4 is 5.32 Å². The monoisotopic (exact) mass is 300 g/mol. The average Bonchev–Trinajstić information content (AvgIpc) is 2.92. The normalized spacial score (nSPS) is 11.8. The van der Waals surface area contributed by atoms with E-state index in [9.17, 15) is 9.50 Å². The number of anilines is 1. The van der Waals surface area contributed by atoms with E-state index < -0.39 is 5.60 Å². The lowest BCUT2D eigenvalue weighted by molar-refractivity contribution is 0.0945. The molecule has 0 spiro atoms. The molecular formula is C16H17FN4O. The maximum atomic E-state index is 14.0. The van der Waals surface area contributed by atoms with Crippen molar-refractivity contribution in [2.24, 2.45) is 0 Å². The quantitative estimate of drug-likeness (QED) is 0.777. The Bertz CT molecular complexity index is 807. The highest BCUT2D eigenvalue weighted by Crippen LogP contribution is 2.25. The largest absolute Gasteiger partial charge is 0.389 e. The molecule has 5 nitrogen and oxygen atoms in total. The molecule has 3 aromatic rings. The Morgan fingerprint density at radius 2 is 2.09 bits per heavy atom. The van der Waals surface area contributed by atoms with E-state index in [1.165, 1.54) is 6.07 Å². The summed E-state index contributed by atoms with van der Waals surface area (Å²) in [5.74, 6) is -0.331. The number of hydrogen-bond donors (Lipinski definition) is 2. The lowest BCUT2D eigenvalue weighted by Crippen LogP contribution is -2.29. The molecular weight excluding hydrogens is 283 g/mol. The molecule has 6 heteroatoms. The Hall–Kier alpha value is -2.47. The van der Waals surface area contributed by atoms with Gasteiger partial charge >= 0.3 is 0 Å². The van der Waals surface area contributed by atoms with Gasteiger partial charge in [0.15, 0.2) is 5.65 Å². The molecule has 0 radical (unpaired) electrons. The lowest BCUT2D eigenvalue weighted by atomic mass is 10.1. The van der Waals surface area contributed by atoms with Crippen molar-refractivity contribution in [1.82, 2.24) is 14.6 Å². The first-order valence-corrected chi connectivity index (χ1v) is 6.99. The number of rotatable bonds is 4. The topological polar surface area (TPSA) is 62.5 Å². The molecule has 22 heavy (non-hydrogen) atoms. The number of benzene rings is 1. The fourth-order valence-electron chi connectivity index (χ4n) is 2.16. The molecule has 2 aromatic heterocycles. The number of nitrogens with one attached hydrogen (secondary N) is 1. The lowest BCUT2D eigenvalue weighted by Gasteiger charge is -2.19. The molecule has 0 saturated carbocycles. The Morgan fingerprint density at radius 3 is 2.82 bits per heavy atom. The maximum absolute atomic E-state index is 14.0. The van der Waals surface area contributed by atoms with Gasteiger partial charge in [0.25, 0.3) is 0 Å². The van der Waals surface area contributed by atoms with E-state index in [0.717, 1.165) is 0 Å². The van der Waals surface area contributed by atoms with Gasteiger partial charge < -0.3 is 10.4 Å². The van der Waals surface area contributed by atoms with Crippen molar-refractivity contribution in [3.63, 3.8) is 0 Å². The van der Waals surface area contributed by atoms with Gasteiger partial charge in [-0.1, -0.05) is 12.1 Å². The summed E-state index contributed by atoms with van der Waals surface area (Å²) in [4.78, 5) is 4.24. The van der Waals surface area contributed by atoms with Crippen molar-refractivity contribution in [3.8, 4) is 11.3 Å². The summed E-state index contributed by atoms with van der Waals surface area (Å²) < 4.78 is 15.6. The second-order valence-corrected chi connectivity index (χ2v) is 5.78. The first-order valence-electron chi connectivity index (χ1n) is 6.99. The van der Waals surface area contributed by atoms with E-state index in [1.807, 2.05) is 0 Å². The van der Waals surface area contributed by atoms with Crippen molar-refractivity contribution >= 4 is 11.3 Å². The summed E-state index contributed by atoms with van der Waals surface area (Å²) in [5.41, 5.74) is 1.38. The summed E-state index contributed by atoms with van der Waals surface area (Å²) in [6, 6.07) is 8.23. The Labute approximate surface area is 127 Å². The summed E-state index contributed by atoms with van der Waals surface area (Å²) >= 11 is 0. The van der Waals surface area contributed by atoms with Gasteiger partial charge in [-0.15, -0.1) is 0 Å². The molecule has 0 amide bonds. The van der Waals surface area contributed by atoms with Crippen LogP contribution in [0.15, 0.2) is 42.7 Å². The molecule has 3 rings (SSSR count). The zero-order valence-corrected chi connectivity index (χ0v) is 12.4. The van der Waals surface area contributed by atoms with Crippen LogP contribution in [0.3, 0.4) is 0 Å². The van der Waals surface area contributed by atoms with E-state index >= 15 is 0 Å². The number of fused-ring (bicyclic) bond motifs is 1. The summed E-state index contributed by atoms with van der Waals surface area (Å²) in [5, 5.41) is 17.4. The van der Waals surface area contributed by atoms with Crippen molar-refractivity contribution < 1.29 is 9.50 Å². The molecule has 0 atom stereocenters. The number of imidazole rings is 1. The van der Waals surface area contributed by atoms with E-state index in [-0.39, 0.29) is 5.82 Å². The third kappa shape index (κ3) is 2.92. The van der Waals surface area contributed by atoms with E-state index in [1.54, 1.807) is 55.0 Å². The highest BCUT2D eigenvalue weighted by molar-refractivity contribution is 5.73. The molecule has 0 unspecified atom stereocenters. The van der Waals surface area contributed by atoms with Crippen molar-refractivity contribution in [3.05, 3.63) is 48.5 Å². The van der Waals surface area contributed by atoms with Gasteiger partial charge in [0.1, 0.15) is 5.82 Å². The van der Waals surface area contributed by atoms with Crippen LogP contribution >= 0.6 is 0 Å². The zero-order chi connectivity index (χ0) is 15.7. The van der Waals surface area contributed by atoms with E-state index in [0.29, 0.717) is 29.1 Å². The summed E-state index contributed by atoms with van der Waals surface area (Å²) in [7, 11) is 0. The Balaban J connectivity index is 2.08. The second-order valence-electron chi connectivity index (χ2n) is 5.78. The minimum atomic E-state index is -0.870. The summed E-state index contributed by atoms with van der Waals surface area (Å²) in [6.07, 6.45) is 3.33. The van der Waals surface area contributed by atoms with Gasteiger partial charge in [-0.25, -0.2) is 13.9 Å². The third-order valence-corrected chi connectivity index (χ3v) is 3.22. The molecule has 1 aromatic carbocycles. The summed E-state index contributed by atoms with van der Waals surface area (Å²) in [6.45, 7) is 3.76. The number of hydrogen-bond acceptors (Lipinski definition) is 4. The van der Waals surface area contributed by atoms with Gasteiger partial charge in [-0.3, -0.25) is 0 Å². The first kappa shape index (κ1) is 14.5. The van der Waals surface area contributed by atoms with Crippen molar-refractivity contribution in [1.29, 1.82) is 0 Å². The van der Waals surface area contributed by atoms with Crippen LogP contribution in [-0.4, -0.2) is 31.9 Å². The van der Waals surface area contributed by atoms with Gasteiger partial charge in [0.2, 0.25) is 0 Å². The minimum absolute atomic E-state index is 0.331. The molecule has 2 N–H and O–H groups in total. The minimum Gasteiger partial charge on any atom is -0.389 e. The molecule has 114 valence electrons. The van der Waals surface area contributed by atoms with Crippen LogP contribution in [0.5, 0.6) is 0 Å². The molecule has 2 heterocycles. The molecule has 0 bridgehead atoms. The van der Waals surface area contributed by atoms with Crippen LogP contribution in [0.4, 0.5) is 10.1 Å². The number of aromatic nitrogens is 3. The van der Waals surface area contributed by atoms with Crippen LogP contribution in [-0.2, 0) is 0 Å². The standard InChI is InChI=1S/C16H17FN4O/c1-16(2,22)10-19-14-9-13(11-5-3-4-6-12(11)17)20-21-8-7-18-15(14)21/h3-9,19,22H,10H2,1-2H3. The number of aliphatic hydroxyl groups is 1. The van der Waals surface area contributed by atoms with Gasteiger partial charge in [-0.05, 0) is 32.0 Å². The van der Waals surface area contributed by atoms with Crippen LogP contribution in [0.1, 0.15) is 13.8 Å². The molecule has 0 aliphatic carbocycles. The molecule has 0 aliphatic rings. The SMILES string of the molecule is CC(C)(O)CNc1cc(-c2ccccc2F)nn2ccnc12. The van der Waals surface area contributed by atoms with Gasteiger partial charge in [0.05, 0.1) is 17.0 Å². The number of halogens is 1. The van der Waals surface area contributed by atoms with Crippen LogP contribution in [0.25, 0.3) is 16.9 Å². The van der Waals surface area contributed by atoms with E-state index in [2.05, 4.69) is 15.4 Å². The molecule has 0 fully saturated rings. The highest BCUT2D eigenvalue weighted by atomic mass is 19.1. The molecule has 0 aliphatic heterocycles. The number of nitrogens with zero attached hydrogens (tertiary/aromatic N) is 3. The van der Waals surface area contributed by atoms with Gasteiger partial charge in [0, 0.05) is 24.5 Å². The second kappa shape index (κ2) is 5.38. The Kier molecular flexibility index (Phi) is 3.54. The maximum Gasteiger partial charge on any atom is 0.176 e. The predicted octanol–water partition coefficient (Wildman–Crippen LogP) is 2.72. The van der Waals surface area contributed by atoms with Crippen molar-refractivity contribution in [2.45, 2.75) is 19.4 Å². The fourth-order valence-corrected chi connectivity index (χ4v) is 2.16. The van der Waals surface area contributed by atoms with Gasteiger partial charge in [-0.2, -0.15) is 5.10 Å². The first-order chi connectivity index (χ1) is 10.4. The van der Waals surface area contributed by atoms with Crippen molar-refractivity contribution in [2.75, 3.05) is 11.9 Å². The third-order valence-electron chi connectivity index (χ3n) is 3.22. The Morgan fingerprint density at radius 1 is 1.32 bits per heavy atom. The average molecular weight is 300 g/mol. The molecule has 0 saturated heterocycles.